The van der Waals surface area contributed by atoms with Crippen LogP contribution in [0.3, 0.4) is 0 Å². The molecule has 3 fully saturated rings. The van der Waals surface area contributed by atoms with Crippen LogP contribution in [0.15, 0.2) is 0 Å². The van der Waals surface area contributed by atoms with Gasteiger partial charge < -0.3 is 14.7 Å². The molecule has 0 aromatic heterocycles. The van der Waals surface area contributed by atoms with Crippen molar-refractivity contribution >= 4 is 5.91 Å². The van der Waals surface area contributed by atoms with E-state index < -0.39 is 0 Å². The smallest absolute Gasteiger partial charge is 0.228 e. The van der Waals surface area contributed by atoms with Crippen molar-refractivity contribution in [2.75, 3.05) is 13.2 Å². The second-order valence-electron chi connectivity index (χ2n) is 6.97. The average molecular weight is 295 g/mol. The largest absolute Gasteiger partial charge is 0.393 e. The molecule has 3 aliphatic rings. The van der Waals surface area contributed by atoms with Crippen LogP contribution < -0.4 is 0 Å². The molecule has 120 valence electrons. The summed E-state index contributed by atoms with van der Waals surface area (Å²) in [4.78, 5) is 15.0. The van der Waals surface area contributed by atoms with Gasteiger partial charge in [-0.15, -0.1) is 0 Å². The first-order chi connectivity index (χ1) is 10.2. The highest BCUT2D eigenvalue weighted by Gasteiger charge is 2.43. The summed E-state index contributed by atoms with van der Waals surface area (Å²) < 4.78 is 5.70. The van der Waals surface area contributed by atoms with Crippen LogP contribution in [0, 0.1) is 11.8 Å². The van der Waals surface area contributed by atoms with Crippen molar-refractivity contribution in [2.45, 2.75) is 76.5 Å². The van der Waals surface area contributed by atoms with E-state index in [1.165, 1.54) is 6.42 Å². The van der Waals surface area contributed by atoms with Gasteiger partial charge in [0.05, 0.1) is 18.1 Å². The Hall–Kier alpha value is -0.610. The lowest BCUT2D eigenvalue weighted by Crippen LogP contribution is -2.48. The summed E-state index contributed by atoms with van der Waals surface area (Å²) in [5, 5.41) is 10.3. The summed E-state index contributed by atoms with van der Waals surface area (Å²) in [5.74, 6) is 0.642. The normalized spacial score (nSPS) is 40.7. The highest BCUT2D eigenvalue weighted by Crippen LogP contribution is 2.36. The molecule has 1 aliphatic carbocycles. The Morgan fingerprint density at radius 2 is 2.00 bits per heavy atom. The lowest BCUT2D eigenvalue weighted by Gasteiger charge is -2.38. The standard InChI is InChI=1S/C17H29NO3/c1-2-16-13(9-11-21-16)17(20)18-10-5-7-14(18)12-6-3-4-8-15(12)19/h12-16,19H,2-11H2,1H3. The zero-order valence-electron chi connectivity index (χ0n) is 13.2. The Kier molecular flexibility index (Phi) is 4.85. The van der Waals surface area contributed by atoms with Crippen LogP contribution >= 0.6 is 0 Å². The lowest BCUT2D eigenvalue weighted by molar-refractivity contribution is -0.140. The van der Waals surface area contributed by atoms with Crippen LogP contribution in [0.5, 0.6) is 0 Å². The first-order valence-electron chi connectivity index (χ1n) is 8.82. The summed E-state index contributed by atoms with van der Waals surface area (Å²) in [7, 11) is 0. The first kappa shape index (κ1) is 15.3. The fourth-order valence-corrected chi connectivity index (χ4v) is 4.65. The van der Waals surface area contributed by atoms with E-state index in [-0.39, 0.29) is 24.2 Å². The molecule has 5 atom stereocenters. The Morgan fingerprint density at radius 1 is 1.19 bits per heavy atom. The highest BCUT2D eigenvalue weighted by atomic mass is 16.5. The van der Waals surface area contributed by atoms with Crippen molar-refractivity contribution in [1.82, 2.24) is 4.90 Å². The minimum atomic E-state index is -0.209. The van der Waals surface area contributed by atoms with E-state index >= 15 is 0 Å². The van der Waals surface area contributed by atoms with Gasteiger partial charge in [-0.1, -0.05) is 19.8 Å². The third-order valence-corrected chi connectivity index (χ3v) is 5.79. The van der Waals surface area contributed by atoms with E-state index in [2.05, 4.69) is 11.8 Å². The molecule has 0 aromatic carbocycles. The maximum absolute atomic E-state index is 12.9. The van der Waals surface area contributed by atoms with Crippen molar-refractivity contribution in [1.29, 1.82) is 0 Å². The summed E-state index contributed by atoms with van der Waals surface area (Å²) in [6.45, 7) is 3.70. The molecule has 1 N–H and O–H groups in total. The molecule has 5 unspecified atom stereocenters. The van der Waals surface area contributed by atoms with E-state index in [0.717, 1.165) is 58.1 Å². The predicted octanol–water partition coefficient (Wildman–Crippen LogP) is 2.34. The van der Waals surface area contributed by atoms with Gasteiger partial charge in [-0.3, -0.25) is 4.79 Å². The zero-order chi connectivity index (χ0) is 14.8. The van der Waals surface area contributed by atoms with Crippen molar-refractivity contribution in [3.8, 4) is 0 Å². The molecular formula is C17H29NO3. The second-order valence-corrected chi connectivity index (χ2v) is 6.97. The zero-order valence-corrected chi connectivity index (χ0v) is 13.2. The fraction of sp³-hybridized carbons (Fsp3) is 0.941. The lowest BCUT2D eigenvalue weighted by atomic mass is 9.80. The van der Waals surface area contributed by atoms with Crippen LogP contribution in [0.4, 0.5) is 0 Å². The molecule has 1 saturated carbocycles. The van der Waals surface area contributed by atoms with Crippen LogP contribution in [0.2, 0.25) is 0 Å². The van der Waals surface area contributed by atoms with Crippen LogP contribution in [0.25, 0.3) is 0 Å². The number of ether oxygens (including phenoxy) is 1. The van der Waals surface area contributed by atoms with E-state index in [1.54, 1.807) is 0 Å². The molecule has 2 saturated heterocycles. The van der Waals surface area contributed by atoms with E-state index in [1.807, 2.05) is 0 Å². The van der Waals surface area contributed by atoms with Crippen LogP contribution in [-0.2, 0) is 9.53 Å². The SMILES string of the molecule is CCC1OCCC1C(=O)N1CCCC1C1CCCCC1O. The fourth-order valence-electron chi connectivity index (χ4n) is 4.65. The summed E-state index contributed by atoms with van der Waals surface area (Å²) in [6, 6.07) is 0.269. The van der Waals surface area contributed by atoms with Gasteiger partial charge in [-0.05, 0) is 38.5 Å². The second kappa shape index (κ2) is 6.66. The minimum absolute atomic E-state index is 0.0522. The van der Waals surface area contributed by atoms with Gasteiger partial charge in [0.1, 0.15) is 0 Å². The number of likely N-dealkylation sites (tertiary alicyclic amines) is 1. The van der Waals surface area contributed by atoms with Crippen molar-refractivity contribution in [2.24, 2.45) is 11.8 Å². The van der Waals surface area contributed by atoms with E-state index in [4.69, 9.17) is 4.74 Å². The monoisotopic (exact) mass is 295 g/mol. The van der Waals surface area contributed by atoms with E-state index in [0.29, 0.717) is 11.8 Å². The molecule has 3 rings (SSSR count). The summed E-state index contributed by atoms with van der Waals surface area (Å²) in [6.07, 6.45) is 8.16. The number of rotatable bonds is 3. The number of carbonyl (C=O) groups excluding carboxylic acids is 1. The number of aliphatic hydroxyl groups is 1. The first-order valence-corrected chi connectivity index (χ1v) is 8.82. The molecule has 0 bridgehead atoms. The Balaban J connectivity index is 1.69. The highest BCUT2D eigenvalue weighted by molar-refractivity contribution is 5.80. The van der Waals surface area contributed by atoms with Gasteiger partial charge in [0.25, 0.3) is 0 Å². The Morgan fingerprint density at radius 3 is 2.76 bits per heavy atom. The van der Waals surface area contributed by atoms with Crippen molar-refractivity contribution < 1.29 is 14.6 Å². The Bertz CT molecular complexity index is 373. The molecular weight excluding hydrogens is 266 g/mol. The van der Waals surface area contributed by atoms with Gasteiger partial charge >= 0.3 is 0 Å². The van der Waals surface area contributed by atoms with E-state index in [9.17, 15) is 9.90 Å². The number of aliphatic hydroxyl groups excluding tert-OH is 1. The van der Waals surface area contributed by atoms with Crippen molar-refractivity contribution in [3.05, 3.63) is 0 Å². The molecule has 0 spiro atoms. The Labute approximate surface area is 127 Å². The predicted molar refractivity (Wildman–Crippen MR) is 80.8 cm³/mol. The van der Waals surface area contributed by atoms with Gasteiger partial charge in [0.15, 0.2) is 0 Å². The third-order valence-electron chi connectivity index (χ3n) is 5.79. The number of carbonyl (C=O) groups is 1. The maximum atomic E-state index is 12.9. The van der Waals surface area contributed by atoms with Gasteiger partial charge in [-0.2, -0.15) is 0 Å². The minimum Gasteiger partial charge on any atom is -0.393 e. The van der Waals surface area contributed by atoms with Gasteiger partial charge in [0, 0.05) is 25.1 Å². The summed E-state index contributed by atoms with van der Waals surface area (Å²) in [5.41, 5.74) is 0. The summed E-state index contributed by atoms with van der Waals surface area (Å²) >= 11 is 0. The van der Waals surface area contributed by atoms with Gasteiger partial charge in [0.2, 0.25) is 5.91 Å². The maximum Gasteiger partial charge on any atom is 0.228 e. The molecule has 2 heterocycles. The molecule has 0 radical (unpaired) electrons. The molecule has 4 nitrogen and oxygen atoms in total. The molecule has 1 amide bonds. The third kappa shape index (κ3) is 2.98. The molecule has 2 aliphatic heterocycles. The number of hydrogen-bond donors (Lipinski definition) is 1. The van der Waals surface area contributed by atoms with Crippen LogP contribution in [-0.4, -0.2) is 47.3 Å². The number of nitrogens with zero attached hydrogens (tertiary/aromatic N) is 1. The number of hydrogen-bond acceptors (Lipinski definition) is 3. The van der Waals surface area contributed by atoms with Gasteiger partial charge in [-0.25, -0.2) is 0 Å². The van der Waals surface area contributed by atoms with Crippen LogP contribution in [0.1, 0.15) is 58.3 Å². The molecule has 4 heteroatoms. The molecule has 0 aromatic rings. The average Bonchev–Trinajstić information content (AvgIpc) is 3.16. The van der Waals surface area contributed by atoms with Crippen molar-refractivity contribution in [3.63, 3.8) is 0 Å². The number of amides is 1. The quantitative estimate of drug-likeness (QED) is 0.869. The topological polar surface area (TPSA) is 49.8 Å². The molecule has 21 heavy (non-hydrogen) atoms.